The molecule has 1 N–H and O–H groups in total. The second kappa shape index (κ2) is 11.3. The molecule has 3 aromatic rings. The smallest absolute Gasteiger partial charge is 0.316 e. The minimum atomic E-state index is -0.877. The number of aliphatic carboxylic acids is 1. The summed E-state index contributed by atoms with van der Waals surface area (Å²) in [6.45, 7) is 1.51. The Morgan fingerprint density at radius 3 is 1.96 bits per heavy atom. The van der Waals surface area contributed by atoms with E-state index in [1.165, 1.54) is 13.3 Å². The summed E-state index contributed by atoms with van der Waals surface area (Å²) in [4.78, 5) is 13.6. The van der Waals surface area contributed by atoms with Crippen molar-refractivity contribution in [1.29, 1.82) is 0 Å². The number of carbonyl (C=O) groups is 1. The van der Waals surface area contributed by atoms with Crippen molar-refractivity contribution in [3.63, 3.8) is 0 Å². The van der Waals surface area contributed by atoms with E-state index in [1.807, 2.05) is 60.7 Å². The number of carboxylic acid groups (broad SMARTS) is 1. The molecule has 0 fully saturated rings. The molecule has 1 atom stereocenters. The molecule has 1 unspecified atom stereocenters. The first kappa shape index (κ1) is 19.8. The Kier molecular flexibility index (Phi) is 9.34. The topological polar surface area (TPSA) is 63.3 Å². The second-order valence-corrected chi connectivity index (χ2v) is 5.76. The molecule has 0 aliphatic carbocycles. The van der Waals surface area contributed by atoms with E-state index in [-0.39, 0.29) is 0 Å². The lowest BCUT2D eigenvalue weighted by Crippen LogP contribution is -2.06. The van der Waals surface area contributed by atoms with Crippen LogP contribution in [0.4, 0.5) is 0 Å². The van der Waals surface area contributed by atoms with Gasteiger partial charge in [0.2, 0.25) is 0 Å². The fourth-order valence-corrected chi connectivity index (χ4v) is 1.52. The van der Waals surface area contributed by atoms with Crippen molar-refractivity contribution in [1.82, 2.24) is 4.98 Å². The Hall–Kier alpha value is -2.24. The van der Waals surface area contributed by atoms with E-state index in [2.05, 4.69) is 17.6 Å². The highest BCUT2D eigenvalue weighted by molar-refractivity contribution is 7.81. The molecule has 4 nitrogen and oxygen atoms in total. The van der Waals surface area contributed by atoms with Crippen molar-refractivity contribution in [2.45, 2.75) is 12.2 Å². The average Bonchev–Trinajstić information content (AvgIpc) is 3.12. The van der Waals surface area contributed by atoms with Gasteiger partial charge in [-0.15, -0.1) is 0 Å². The third-order valence-electron chi connectivity index (χ3n) is 2.59. The second-order valence-electron chi connectivity index (χ2n) is 4.55. The summed E-state index contributed by atoms with van der Waals surface area (Å²) in [5.74, 6) is -0.877. The monoisotopic (exact) mass is 363 g/mol. The van der Waals surface area contributed by atoms with Gasteiger partial charge in [-0.05, 0) is 19.1 Å². The Morgan fingerprint density at radius 2 is 1.62 bits per heavy atom. The standard InChI is InChI=1S/C9H7NO.C6H5Cl.C3H6O2S/c1-2-4-8(5-3-1)9-6-11-7-10-9;7-6-4-2-1-3-5-6;1-2(6)3(4)5/h1-7H;1-5H;2,6H,1H3,(H,4,5). The molecule has 1 aromatic heterocycles. The summed E-state index contributed by atoms with van der Waals surface area (Å²) in [6, 6.07) is 19.4. The van der Waals surface area contributed by atoms with Gasteiger partial charge in [-0.25, -0.2) is 4.98 Å². The van der Waals surface area contributed by atoms with Crippen molar-refractivity contribution in [2.24, 2.45) is 0 Å². The zero-order valence-electron chi connectivity index (χ0n) is 13.0. The van der Waals surface area contributed by atoms with E-state index >= 15 is 0 Å². The third-order valence-corrected chi connectivity index (χ3v) is 3.07. The molecule has 0 radical (unpaired) electrons. The van der Waals surface area contributed by atoms with Gasteiger partial charge in [0.05, 0.1) is 5.25 Å². The lowest BCUT2D eigenvalue weighted by molar-refractivity contribution is -0.136. The lowest BCUT2D eigenvalue weighted by atomic mass is 10.2. The number of aromatic nitrogens is 1. The van der Waals surface area contributed by atoms with E-state index in [4.69, 9.17) is 21.1 Å². The van der Waals surface area contributed by atoms with Crippen LogP contribution in [0.15, 0.2) is 77.7 Å². The zero-order chi connectivity index (χ0) is 17.8. The summed E-state index contributed by atoms with van der Waals surface area (Å²) < 4.78 is 4.86. The van der Waals surface area contributed by atoms with E-state index in [9.17, 15) is 4.79 Å². The van der Waals surface area contributed by atoms with Crippen molar-refractivity contribution in [2.75, 3.05) is 0 Å². The van der Waals surface area contributed by atoms with Crippen LogP contribution in [0.25, 0.3) is 11.3 Å². The molecule has 24 heavy (non-hydrogen) atoms. The van der Waals surface area contributed by atoms with Gasteiger partial charge in [0.25, 0.3) is 0 Å². The van der Waals surface area contributed by atoms with Crippen LogP contribution in [0.3, 0.4) is 0 Å². The van der Waals surface area contributed by atoms with Crippen molar-refractivity contribution >= 4 is 30.2 Å². The number of thiol groups is 1. The summed E-state index contributed by atoms with van der Waals surface area (Å²) >= 11 is 9.13. The van der Waals surface area contributed by atoms with E-state index in [0.29, 0.717) is 0 Å². The maximum atomic E-state index is 9.62. The Labute approximate surface area is 151 Å². The van der Waals surface area contributed by atoms with Crippen LogP contribution in [0, 0.1) is 0 Å². The molecule has 3 rings (SSSR count). The highest BCUT2D eigenvalue weighted by atomic mass is 35.5. The van der Waals surface area contributed by atoms with Gasteiger partial charge in [-0.2, -0.15) is 12.6 Å². The van der Waals surface area contributed by atoms with Gasteiger partial charge in [-0.1, -0.05) is 60.1 Å². The molecule has 126 valence electrons. The first-order chi connectivity index (χ1) is 11.5. The van der Waals surface area contributed by atoms with E-state index in [1.54, 1.807) is 6.26 Å². The maximum absolute atomic E-state index is 9.62. The largest absolute Gasteiger partial charge is 0.480 e. The summed E-state index contributed by atoms with van der Waals surface area (Å²) in [6.07, 6.45) is 3.07. The van der Waals surface area contributed by atoms with Crippen LogP contribution >= 0.6 is 24.2 Å². The molecule has 1 heterocycles. The van der Waals surface area contributed by atoms with Gasteiger partial charge < -0.3 is 9.52 Å². The summed E-state index contributed by atoms with van der Waals surface area (Å²) in [7, 11) is 0. The van der Waals surface area contributed by atoms with Gasteiger partial charge >= 0.3 is 5.97 Å². The highest BCUT2D eigenvalue weighted by Gasteiger charge is 2.00. The molecule has 0 saturated carbocycles. The minimum absolute atomic E-state index is 0.537. The first-order valence-corrected chi connectivity index (χ1v) is 7.95. The number of hydrogen-bond acceptors (Lipinski definition) is 4. The van der Waals surface area contributed by atoms with Crippen molar-refractivity contribution < 1.29 is 14.3 Å². The molecule has 0 bridgehead atoms. The van der Waals surface area contributed by atoms with E-state index < -0.39 is 11.2 Å². The number of nitrogens with zero attached hydrogens (tertiary/aromatic N) is 1. The van der Waals surface area contributed by atoms with Crippen molar-refractivity contribution in [3.05, 3.63) is 78.3 Å². The molecule has 0 aliphatic rings. The van der Waals surface area contributed by atoms with Crippen LogP contribution in [0.1, 0.15) is 6.92 Å². The zero-order valence-corrected chi connectivity index (χ0v) is 14.7. The molecule has 6 heteroatoms. The summed E-state index contributed by atoms with van der Waals surface area (Å²) in [5, 5.41) is 8.17. The molecule has 0 spiro atoms. The predicted octanol–water partition coefficient (Wildman–Crippen LogP) is 5.07. The third kappa shape index (κ3) is 8.41. The highest BCUT2D eigenvalue weighted by Crippen LogP contribution is 2.14. The Bertz CT molecular complexity index is 689. The Balaban J connectivity index is 0.000000194. The minimum Gasteiger partial charge on any atom is -0.480 e. The fourth-order valence-electron chi connectivity index (χ4n) is 1.38. The van der Waals surface area contributed by atoms with Crippen LogP contribution in [-0.2, 0) is 4.79 Å². The molecule has 2 aromatic carbocycles. The Morgan fingerprint density at radius 1 is 1.12 bits per heavy atom. The first-order valence-electron chi connectivity index (χ1n) is 7.05. The van der Waals surface area contributed by atoms with Gasteiger partial charge in [0, 0.05) is 10.6 Å². The van der Waals surface area contributed by atoms with Gasteiger partial charge in [0.15, 0.2) is 6.39 Å². The van der Waals surface area contributed by atoms with Gasteiger partial charge in [0.1, 0.15) is 12.0 Å². The number of oxazole rings is 1. The summed E-state index contributed by atoms with van der Waals surface area (Å²) in [5.41, 5.74) is 1.96. The number of hydrogen-bond donors (Lipinski definition) is 2. The van der Waals surface area contributed by atoms with Crippen molar-refractivity contribution in [3.8, 4) is 11.3 Å². The number of benzene rings is 2. The van der Waals surface area contributed by atoms with Gasteiger partial charge in [-0.3, -0.25) is 4.79 Å². The lowest BCUT2D eigenvalue weighted by Gasteiger charge is -1.91. The molecule has 0 amide bonds. The fraction of sp³-hybridized carbons (Fsp3) is 0.111. The maximum Gasteiger partial charge on any atom is 0.316 e. The van der Waals surface area contributed by atoms with Crippen LogP contribution < -0.4 is 0 Å². The van der Waals surface area contributed by atoms with Crippen LogP contribution in [-0.4, -0.2) is 21.3 Å². The predicted molar refractivity (Wildman–Crippen MR) is 99.5 cm³/mol. The molecular weight excluding hydrogens is 346 g/mol. The molecule has 0 saturated heterocycles. The van der Waals surface area contributed by atoms with Crippen LogP contribution in [0.5, 0.6) is 0 Å². The number of rotatable bonds is 2. The molecular formula is C18H18ClNO3S. The molecule has 0 aliphatic heterocycles. The quantitative estimate of drug-likeness (QED) is 0.624. The average molecular weight is 364 g/mol. The van der Waals surface area contributed by atoms with Crippen LogP contribution in [0.2, 0.25) is 5.02 Å². The number of halogens is 1. The SMILES string of the molecule is CC(S)C(=O)O.Clc1ccccc1.c1ccc(-c2cocn2)cc1. The van der Waals surface area contributed by atoms with E-state index in [0.717, 1.165) is 16.3 Å². The number of carboxylic acids is 1. The normalized spacial score (nSPS) is 10.5.